The molecule has 1 heterocycles. The zero-order valence-electron chi connectivity index (χ0n) is 12.7. The lowest BCUT2D eigenvalue weighted by Crippen LogP contribution is -2.11. The zero-order valence-corrected chi connectivity index (χ0v) is 12.7. The molecule has 0 radical (unpaired) electrons. The van der Waals surface area contributed by atoms with E-state index in [1.807, 2.05) is 48.5 Å². The second-order valence-electron chi connectivity index (χ2n) is 5.51. The maximum absolute atomic E-state index is 5.93. The first-order valence-electron chi connectivity index (χ1n) is 7.85. The largest absolute Gasteiger partial charge is 0.377 e. The van der Waals surface area contributed by atoms with Gasteiger partial charge in [0.25, 0.3) is 0 Å². The molecule has 116 valence electrons. The molecular formula is C19H22O3. The van der Waals surface area contributed by atoms with E-state index in [2.05, 4.69) is 12.1 Å². The van der Waals surface area contributed by atoms with Crippen molar-refractivity contribution in [1.29, 1.82) is 0 Å². The Morgan fingerprint density at radius 2 is 1.68 bits per heavy atom. The lowest BCUT2D eigenvalue weighted by molar-refractivity contribution is -0.0621. The topological polar surface area (TPSA) is 27.7 Å². The molecule has 2 unspecified atom stereocenters. The first-order valence-corrected chi connectivity index (χ1v) is 7.85. The Morgan fingerprint density at radius 3 is 2.45 bits per heavy atom. The van der Waals surface area contributed by atoms with Crippen LogP contribution in [0.4, 0.5) is 0 Å². The van der Waals surface area contributed by atoms with Crippen molar-refractivity contribution >= 4 is 0 Å². The third-order valence-electron chi connectivity index (χ3n) is 3.75. The van der Waals surface area contributed by atoms with E-state index in [0.29, 0.717) is 13.2 Å². The van der Waals surface area contributed by atoms with Crippen LogP contribution in [0.5, 0.6) is 0 Å². The molecule has 0 spiro atoms. The molecule has 22 heavy (non-hydrogen) atoms. The fraction of sp³-hybridized carbons (Fsp3) is 0.368. The van der Waals surface area contributed by atoms with Crippen molar-refractivity contribution in [3.63, 3.8) is 0 Å². The van der Waals surface area contributed by atoms with Crippen LogP contribution >= 0.6 is 0 Å². The molecule has 1 saturated heterocycles. The van der Waals surface area contributed by atoms with Gasteiger partial charge in [0.15, 0.2) is 6.29 Å². The fourth-order valence-corrected chi connectivity index (χ4v) is 2.56. The van der Waals surface area contributed by atoms with Crippen LogP contribution in [-0.4, -0.2) is 19.3 Å². The van der Waals surface area contributed by atoms with E-state index in [4.69, 9.17) is 14.2 Å². The smallest absolute Gasteiger partial charge is 0.184 e. The van der Waals surface area contributed by atoms with Gasteiger partial charge in [-0.3, -0.25) is 0 Å². The van der Waals surface area contributed by atoms with Gasteiger partial charge in [-0.05, 0) is 18.4 Å². The molecule has 2 aromatic rings. The average molecular weight is 298 g/mol. The number of hydrogen-bond donors (Lipinski definition) is 0. The highest BCUT2D eigenvalue weighted by molar-refractivity contribution is 5.16. The molecule has 0 aromatic heterocycles. The summed E-state index contributed by atoms with van der Waals surface area (Å²) in [5, 5.41) is 0. The predicted molar refractivity (Wildman–Crippen MR) is 85.3 cm³/mol. The highest BCUT2D eigenvalue weighted by atomic mass is 16.7. The molecule has 2 atom stereocenters. The molecule has 0 saturated carbocycles. The van der Waals surface area contributed by atoms with Gasteiger partial charge in [0.1, 0.15) is 0 Å². The lowest BCUT2D eigenvalue weighted by atomic mass is 10.2. The summed E-state index contributed by atoms with van der Waals surface area (Å²) in [6.45, 7) is 2.10. The van der Waals surface area contributed by atoms with E-state index in [1.54, 1.807) is 0 Å². The third-order valence-corrected chi connectivity index (χ3v) is 3.75. The Hall–Kier alpha value is -1.68. The van der Waals surface area contributed by atoms with Gasteiger partial charge in [-0.1, -0.05) is 60.7 Å². The molecular weight excluding hydrogens is 276 g/mol. The van der Waals surface area contributed by atoms with E-state index in [1.165, 1.54) is 5.56 Å². The molecule has 0 N–H and O–H groups in total. The van der Waals surface area contributed by atoms with Crippen molar-refractivity contribution in [2.45, 2.75) is 31.8 Å². The molecule has 1 aliphatic rings. The van der Waals surface area contributed by atoms with Crippen molar-refractivity contribution in [1.82, 2.24) is 0 Å². The van der Waals surface area contributed by atoms with Crippen LogP contribution in [0, 0.1) is 0 Å². The van der Waals surface area contributed by atoms with Gasteiger partial charge in [0.2, 0.25) is 0 Å². The molecule has 3 nitrogen and oxygen atoms in total. The Kier molecular flexibility index (Phi) is 5.59. The minimum Gasteiger partial charge on any atom is -0.377 e. The lowest BCUT2D eigenvalue weighted by Gasteiger charge is -2.11. The molecule has 0 bridgehead atoms. The van der Waals surface area contributed by atoms with E-state index < -0.39 is 0 Å². The van der Waals surface area contributed by atoms with Crippen LogP contribution in [0.1, 0.15) is 30.3 Å². The van der Waals surface area contributed by atoms with E-state index in [-0.39, 0.29) is 12.4 Å². The zero-order chi connectivity index (χ0) is 15.0. The monoisotopic (exact) mass is 298 g/mol. The second-order valence-corrected chi connectivity index (χ2v) is 5.51. The Bertz CT molecular complexity index is 541. The Labute approximate surface area is 131 Å². The molecule has 1 fully saturated rings. The van der Waals surface area contributed by atoms with Crippen LogP contribution in [0.2, 0.25) is 0 Å². The number of hydrogen-bond acceptors (Lipinski definition) is 3. The summed E-state index contributed by atoms with van der Waals surface area (Å²) < 4.78 is 17.3. The summed E-state index contributed by atoms with van der Waals surface area (Å²) in [7, 11) is 0. The van der Waals surface area contributed by atoms with Gasteiger partial charge in [-0.15, -0.1) is 0 Å². The van der Waals surface area contributed by atoms with Gasteiger partial charge >= 0.3 is 0 Å². The number of benzene rings is 2. The molecule has 1 aliphatic heterocycles. The van der Waals surface area contributed by atoms with Gasteiger partial charge in [0.05, 0.1) is 19.3 Å². The summed E-state index contributed by atoms with van der Waals surface area (Å²) in [6, 6.07) is 20.3. The predicted octanol–water partition coefficient (Wildman–Crippen LogP) is 4.10. The van der Waals surface area contributed by atoms with E-state index in [0.717, 1.165) is 25.0 Å². The van der Waals surface area contributed by atoms with Crippen LogP contribution in [-0.2, 0) is 20.8 Å². The molecule has 0 amide bonds. The van der Waals surface area contributed by atoms with Crippen molar-refractivity contribution in [2.75, 3.05) is 13.2 Å². The number of rotatable bonds is 7. The third kappa shape index (κ3) is 4.41. The summed E-state index contributed by atoms with van der Waals surface area (Å²) in [5.41, 5.74) is 2.30. The summed E-state index contributed by atoms with van der Waals surface area (Å²) >= 11 is 0. The minimum atomic E-state index is -0.212. The SMILES string of the molecule is c1ccc(COCCCC2COC(c3ccccc3)O2)cc1. The summed E-state index contributed by atoms with van der Waals surface area (Å²) in [4.78, 5) is 0. The highest BCUT2D eigenvalue weighted by Gasteiger charge is 2.26. The van der Waals surface area contributed by atoms with Crippen molar-refractivity contribution in [2.24, 2.45) is 0 Å². The van der Waals surface area contributed by atoms with Crippen LogP contribution in [0.3, 0.4) is 0 Å². The molecule has 2 aromatic carbocycles. The van der Waals surface area contributed by atoms with Gasteiger partial charge in [-0.2, -0.15) is 0 Å². The van der Waals surface area contributed by atoms with E-state index >= 15 is 0 Å². The fourth-order valence-electron chi connectivity index (χ4n) is 2.56. The average Bonchev–Trinajstić information content (AvgIpc) is 3.05. The highest BCUT2D eigenvalue weighted by Crippen LogP contribution is 2.28. The summed E-state index contributed by atoms with van der Waals surface area (Å²) in [5.74, 6) is 0. The van der Waals surface area contributed by atoms with Crippen molar-refractivity contribution in [3.8, 4) is 0 Å². The first kappa shape index (κ1) is 15.2. The van der Waals surface area contributed by atoms with Gasteiger partial charge in [-0.25, -0.2) is 0 Å². The van der Waals surface area contributed by atoms with Crippen LogP contribution < -0.4 is 0 Å². The maximum Gasteiger partial charge on any atom is 0.184 e. The van der Waals surface area contributed by atoms with E-state index in [9.17, 15) is 0 Å². The summed E-state index contributed by atoms with van der Waals surface area (Å²) in [6.07, 6.45) is 1.92. The standard InChI is InChI=1S/C19H22O3/c1-3-8-16(9-4-1)14-20-13-7-12-18-15-21-19(22-18)17-10-5-2-6-11-17/h1-6,8-11,18-19H,7,12-15H2. The second kappa shape index (κ2) is 8.08. The van der Waals surface area contributed by atoms with Gasteiger partial charge in [0, 0.05) is 12.2 Å². The van der Waals surface area contributed by atoms with Crippen LogP contribution in [0.25, 0.3) is 0 Å². The van der Waals surface area contributed by atoms with Crippen LogP contribution in [0.15, 0.2) is 60.7 Å². The number of ether oxygens (including phenoxy) is 3. The molecule has 0 aliphatic carbocycles. The van der Waals surface area contributed by atoms with Gasteiger partial charge < -0.3 is 14.2 Å². The minimum absolute atomic E-state index is 0.172. The quantitative estimate of drug-likeness (QED) is 0.720. The van der Waals surface area contributed by atoms with Crippen molar-refractivity contribution in [3.05, 3.63) is 71.8 Å². The Balaban J connectivity index is 1.32. The first-order chi connectivity index (χ1) is 10.9. The molecule has 3 rings (SSSR count). The Morgan fingerprint density at radius 1 is 0.955 bits per heavy atom. The maximum atomic E-state index is 5.93. The normalized spacial score (nSPS) is 21.1. The van der Waals surface area contributed by atoms with Crippen molar-refractivity contribution < 1.29 is 14.2 Å². The molecule has 3 heteroatoms.